The minimum atomic E-state index is 0.115. The van der Waals surface area contributed by atoms with Crippen LogP contribution in [0.1, 0.15) is 42.1 Å². The van der Waals surface area contributed by atoms with Crippen molar-refractivity contribution in [3.8, 4) is 0 Å². The Hall–Kier alpha value is -0.420. The maximum absolute atomic E-state index is 11.4. The Balaban J connectivity index is 2.94. The molecule has 0 heterocycles. The first-order chi connectivity index (χ1) is 8.45. The highest BCUT2D eigenvalue weighted by Crippen LogP contribution is 2.29. The zero-order valence-corrected chi connectivity index (χ0v) is 13.8. The third kappa shape index (κ3) is 4.35. The van der Waals surface area contributed by atoms with Crippen LogP contribution in [0.25, 0.3) is 0 Å². The quantitative estimate of drug-likeness (QED) is 0.566. The third-order valence-corrected chi connectivity index (χ3v) is 3.94. The number of nitrogens with zero attached hydrogens (tertiary/aromatic N) is 1. The number of carbonyl (C=O) groups excluding carboxylic acids is 1. The molecule has 0 spiro atoms. The van der Waals surface area contributed by atoms with E-state index in [-0.39, 0.29) is 3.79 Å². The fourth-order valence-corrected chi connectivity index (χ4v) is 2.90. The van der Waals surface area contributed by atoms with E-state index in [1.54, 1.807) is 0 Å². The SMILES string of the molecule is CCC(c1cccc(C(=O)I)c1)[C@@H](C)CN(C)C. The van der Waals surface area contributed by atoms with Gasteiger partial charge in [0.05, 0.1) is 0 Å². The predicted octanol–water partition coefficient (Wildman–Crippen LogP) is 3.95. The number of rotatable bonds is 6. The smallest absolute Gasteiger partial charge is 0.222 e. The zero-order chi connectivity index (χ0) is 13.7. The fraction of sp³-hybridized carbons (Fsp3) is 0.533. The lowest BCUT2D eigenvalue weighted by Crippen LogP contribution is -2.24. The summed E-state index contributed by atoms with van der Waals surface area (Å²) in [6.07, 6.45) is 1.11. The van der Waals surface area contributed by atoms with E-state index in [4.69, 9.17) is 0 Å². The topological polar surface area (TPSA) is 20.3 Å². The van der Waals surface area contributed by atoms with Crippen LogP contribution in [0.5, 0.6) is 0 Å². The highest BCUT2D eigenvalue weighted by atomic mass is 127. The number of hydrogen-bond acceptors (Lipinski definition) is 2. The monoisotopic (exact) mass is 359 g/mol. The molecule has 0 N–H and O–H groups in total. The van der Waals surface area contributed by atoms with Crippen LogP contribution in [0.15, 0.2) is 24.3 Å². The lowest BCUT2D eigenvalue weighted by molar-refractivity contribution is 0.110. The van der Waals surface area contributed by atoms with Crippen LogP contribution >= 0.6 is 22.6 Å². The van der Waals surface area contributed by atoms with Gasteiger partial charge in [-0.2, -0.15) is 0 Å². The lowest BCUT2D eigenvalue weighted by Gasteiger charge is -2.26. The van der Waals surface area contributed by atoms with Crippen LogP contribution in [0.4, 0.5) is 0 Å². The molecule has 1 aromatic rings. The number of carbonyl (C=O) groups is 1. The Morgan fingerprint density at radius 1 is 1.39 bits per heavy atom. The van der Waals surface area contributed by atoms with Crippen molar-refractivity contribution in [3.63, 3.8) is 0 Å². The molecule has 0 aliphatic rings. The van der Waals surface area contributed by atoms with Crippen molar-refractivity contribution < 1.29 is 4.79 Å². The van der Waals surface area contributed by atoms with Crippen molar-refractivity contribution in [2.45, 2.75) is 26.2 Å². The van der Waals surface area contributed by atoms with Gasteiger partial charge in [-0.15, -0.1) is 0 Å². The number of halogens is 1. The van der Waals surface area contributed by atoms with E-state index in [0.29, 0.717) is 11.8 Å². The summed E-state index contributed by atoms with van der Waals surface area (Å²) in [6, 6.07) is 8.08. The van der Waals surface area contributed by atoms with Gasteiger partial charge in [0, 0.05) is 34.7 Å². The van der Waals surface area contributed by atoms with Crippen molar-refractivity contribution in [1.82, 2.24) is 4.90 Å². The minimum absolute atomic E-state index is 0.115. The van der Waals surface area contributed by atoms with Gasteiger partial charge in [-0.3, -0.25) is 4.79 Å². The van der Waals surface area contributed by atoms with Crippen molar-refractivity contribution in [2.75, 3.05) is 20.6 Å². The standard InChI is InChI=1S/C15H22INO/c1-5-14(11(2)10-17(3)4)12-7-6-8-13(9-12)15(16)18/h6-9,11,14H,5,10H2,1-4H3/t11-,14?/m0/s1. The second kappa shape index (κ2) is 7.24. The van der Waals surface area contributed by atoms with Crippen LogP contribution in [-0.2, 0) is 0 Å². The Morgan fingerprint density at radius 2 is 2.06 bits per heavy atom. The van der Waals surface area contributed by atoms with Crippen molar-refractivity contribution in [1.29, 1.82) is 0 Å². The van der Waals surface area contributed by atoms with Gasteiger partial charge < -0.3 is 4.90 Å². The first-order valence-electron chi connectivity index (χ1n) is 6.40. The van der Waals surface area contributed by atoms with Crippen LogP contribution in [0.2, 0.25) is 0 Å². The maximum atomic E-state index is 11.4. The minimum Gasteiger partial charge on any atom is -0.309 e. The van der Waals surface area contributed by atoms with E-state index in [9.17, 15) is 4.79 Å². The molecule has 0 saturated heterocycles. The summed E-state index contributed by atoms with van der Waals surface area (Å²) < 4.78 is 0.115. The van der Waals surface area contributed by atoms with Crippen LogP contribution in [0.3, 0.4) is 0 Å². The first-order valence-corrected chi connectivity index (χ1v) is 7.48. The van der Waals surface area contributed by atoms with Gasteiger partial charge in [-0.25, -0.2) is 0 Å². The Labute approximate surface area is 124 Å². The van der Waals surface area contributed by atoms with Gasteiger partial charge in [0.15, 0.2) is 0 Å². The normalized spacial score (nSPS) is 14.6. The molecule has 2 atom stereocenters. The van der Waals surface area contributed by atoms with Gasteiger partial charge >= 0.3 is 0 Å². The largest absolute Gasteiger partial charge is 0.309 e. The summed E-state index contributed by atoms with van der Waals surface area (Å²) in [4.78, 5) is 13.7. The molecule has 3 heteroatoms. The van der Waals surface area contributed by atoms with Gasteiger partial charge in [0.2, 0.25) is 3.79 Å². The summed E-state index contributed by atoms with van der Waals surface area (Å²) in [5.41, 5.74) is 2.10. The van der Waals surface area contributed by atoms with Crippen LogP contribution < -0.4 is 0 Å². The molecular formula is C15H22INO. The van der Waals surface area contributed by atoms with E-state index in [2.05, 4.69) is 45.0 Å². The molecular weight excluding hydrogens is 337 g/mol. The van der Waals surface area contributed by atoms with Crippen molar-refractivity contribution in [2.24, 2.45) is 5.92 Å². The second-order valence-electron chi connectivity index (χ2n) is 5.15. The molecule has 0 bridgehead atoms. The molecule has 0 aliphatic heterocycles. The van der Waals surface area contributed by atoms with E-state index in [1.165, 1.54) is 5.56 Å². The van der Waals surface area contributed by atoms with Gasteiger partial charge in [-0.05, 0) is 44.0 Å². The van der Waals surface area contributed by atoms with E-state index < -0.39 is 0 Å². The van der Waals surface area contributed by atoms with Gasteiger partial charge in [0.25, 0.3) is 0 Å². The Morgan fingerprint density at radius 3 is 2.56 bits per heavy atom. The average molecular weight is 359 g/mol. The highest BCUT2D eigenvalue weighted by Gasteiger charge is 2.18. The summed E-state index contributed by atoms with van der Waals surface area (Å²) in [5, 5.41) is 0. The Kier molecular flexibility index (Phi) is 6.29. The highest BCUT2D eigenvalue weighted by molar-refractivity contribution is 14.1. The summed E-state index contributed by atoms with van der Waals surface area (Å²) in [5.74, 6) is 1.10. The first kappa shape index (κ1) is 15.6. The molecule has 100 valence electrons. The maximum Gasteiger partial charge on any atom is 0.222 e. The summed E-state index contributed by atoms with van der Waals surface area (Å²) in [6.45, 7) is 5.57. The molecule has 2 nitrogen and oxygen atoms in total. The van der Waals surface area contributed by atoms with Crippen LogP contribution in [-0.4, -0.2) is 29.3 Å². The molecule has 0 fully saturated rings. The fourth-order valence-electron chi connectivity index (χ4n) is 2.56. The molecule has 0 radical (unpaired) electrons. The molecule has 1 aromatic carbocycles. The summed E-state index contributed by atoms with van der Waals surface area (Å²) in [7, 11) is 4.21. The van der Waals surface area contributed by atoms with Crippen molar-refractivity contribution >= 4 is 26.4 Å². The molecule has 18 heavy (non-hydrogen) atoms. The molecule has 0 aliphatic carbocycles. The zero-order valence-electron chi connectivity index (χ0n) is 11.6. The van der Waals surface area contributed by atoms with Crippen molar-refractivity contribution in [3.05, 3.63) is 35.4 Å². The second-order valence-corrected chi connectivity index (χ2v) is 6.13. The summed E-state index contributed by atoms with van der Waals surface area (Å²) >= 11 is 1.85. The molecule has 0 aromatic heterocycles. The average Bonchev–Trinajstić information content (AvgIpc) is 2.29. The number of hydrogen-bond donors (Lipinski definition) is 0. The van der Waals surface area contributed by atoms with E-state index in [1.807, 2.05) is 34.7 Å². The molecule has 1 rings (SSSR count). The van der Waals surface area contributed by atoms with E-state index in [0.717, 1.165) is 18.5 Å². The number of benzene rings is 1. The van der Waals surface area contributed by atoms with E-state index >= 15 is 0 Å². The molecule has 1 unspecified atom stereocenters. The third-order valence-electron chi connectivity index (χ3n) is 3.32. The predicted molar refractivity (Wildman–Crippen MR) is 85.5 cm³/mol. The van der Waals surface area contributed by atoms with Gasteiger partial charge in [0.1, 0.15) is 0 Å². The van der Waals surface area contributed by atoms with Gasteiger partial charge in [-0.1, -0.05) is 32.0 Å². The Bertz CT molecular complexity index is 403. The molecule has 0 saturated carbocycles. The molecule has 0 amide bonds. The van der Waals surface area contributed by atoms with Crippen LogP contribution in [0, 0.1) is 5.92 Å². The lowest BCUT2D eigenvalue weighted by atomic mass is 9.84.